The summed E-state index contributed by atoms with van der Waals surface area (Å²) in [6.45, 7) is 1.35. The van der Waals surface area contributed by atoms with Gasteiger partial charge in [-0.15, -0.1) is 0 Å². The highest BCUT2D eigenvalue weighted by Crippen LogP contribution is 2.06. The topological polar surface area (TPSA) is 63.7 Å². The monoisotopic (exact) mass is 157 g/mol. The lowest BCUT2D eigenvalue weighted by Gasteiger charge is -2.10. The fourth-order valence-electron chi connectivity index (χ4n) is 0.793. The van der Waals surface area contributed by atoms with Gasteiger partial charge in [0, 0.05) is 13.3 Å². The highest BCUT2D eigenvalue weighted by atomic mass is 16.7. The van der Waals surface area contributed by atoms with Gasteiger partial charge in [0.15, 0.2) is 0 Å². The molecule has 5 nitrogen and oxygen atoms in total. The van der Waals surface area contributed by atoms with E-state index in [1.807, 2.05) is 0 Å². The summed E-state index contributed by atoms with van der Waals surface area (Å²) in [4.78, 5) is 36.1. The van der Waals surface area contributed by atoms with Crippen molar-refractivity contribution in [2.45, 2.75) is 13.3 Å². The van der Waals surface area contributed by atoms with Gasteiger partial charge in [0.05, 0.1) is 6.54 Å². The van der Waals surface area contributed by atoms with E-state index in [0.29, 0.717) is 0 Å². The summed E-state index contributed by atoms with van der Waals surface area (Å²) in [7, 11) is 0. The first kappa shape index (κ1) is 7.71. The van der Waals surface area contributed by atoms with Crippen LogP contribution in [0.4, 0.5) is 0 Å². The molecule has 0 bridgehead atoms. The molecule has 0 aromatic rings. The van der Waals surface area contributed by atoms with E-state index in [9.17, 15) is 14.4 Å². The molecule has 11 heavy (non-hydrogen) atoms. The van der Waals surface area contributed by atoms with Crippen LogP contribution in [0.5, 0.6) is 0 Å². The smallest absolute Gasteiger partial charge is 0.329 e. The van der Waals surface area contributed by atoms with Crippen LogP contribution in [0, 0.1) is 0 Å². The van der Waals surface area contributed by atoms with Gasteiger partial charge in [0.1, 0.15) is 0 Å². The number of rotatable bonds is 1. The van der Waals surface area contributed by atoms with E-state index in [1.165, 1.54) is 6.92 Å². The van der Waals surface area contributed by atoms with E-state index >= 15 is 0 Å². The van der Waals surface area contributed by atoms with Crippen molar-refractivity contribution in [1.82, 2.24) is 5.06 Å². The Kier molecular flexibility index (Phi) is 1.89. The van der Waals surface area contributed by atoms with Crippen LogP contribution in [0.3, 0.4) is 0 Å². The van der Waals surface area contributed by atoms with Gasteiger partial charge >= 0.3 is 11.9 Å². The Morgan fingerprint density at radius 2 is 2.18 bits per heavy atom. The zero-order valence-electron chi connectivity index (χ0n) is 5.99. The number of carbonyl (C=O) groups excluding carboxylic acids is 3. The summed E-state index contributed by atoms with van der Waals surface area (Å²) >= 11 is 0. The number of ketones is 1. The van der Waals surface area contributed by atoms with Gasteiger partial charge in [-0.2, -0.15) is 5.06 Å². The average molecular weight is 157 g/mol. The molecule has 0 radical (unpaired) electrons. The summed E-state index contributed by atoms with van der Waals surface area (Å²) in [5.41, 5.74) is 0. The molecule has 0 aromatic heterocycles. The van der Waals surface area contributed by atoms with Crippen LogP contribution in [-0.4, -0.2) is 29.3 Å². The van der Waals surface area contributed by atoms with Crippen LogP contribution >= 0.6 is 0 Å². The van der Waals surface area contributed by atoms with Gasteiger partial charge < -0.3 is 4.84 Å². The van der Waals surface area contributed by atoms with Gasteiger partial charge in [0.2, 0.25) is 5.78 Å². The summed E-state index contributed by atoms with van der Waals surface area (Å²) in [5.74, 6) is -1.83. The zero-order chi connectivity index (χ0) is 8.43. The fourth-order valence-corrected chi connectivity index (χ4v) is 0.793. The number of hydrogen-bond donors (Lipinski definition) is 0. The third-order valence-electron chi connectivity index (χ3n) is 1.25. The lowest BCUT2D eigenvalue weighted by Crippen LogP contribution is -2.29. The van der Waals surface area contributed by atoms with Crippen molar-refractivity contribution in [1.29, 1.82) is 0 Å². The Hall–Kier alpha value is -1.39. The minimum absolute atomic E-state index is 0.131. The number of amides is 1. The van der Waals surface area contributed by atoms with Crippen molar-refractivity contribution in [3.8, 4) is 0 Å². The van der Waals surface area contributed by atoms with Crippen LogP contribution < -0.4 is 0 Å². The van der Waals surface area contributed by atoms with E-state index < -0.39 is 17.7 Å². The zero-order valence-corrected chi connectivity index (χ0v) is 5.99. The molecule has 0 aliphatic carbocycles. The Morgan fingerprint density at radius 3 is 2.55 bits per heavy atom. The van der Waals surface area contributed by atoms with Crippen molar-refractivity contribution < 1.29 is 19.2 Å². The molecule has 0 aromatic carbocycles. The molecule has 1 saturated heterocycles. The van der Waals surface area contributed by atoms with E-state index in [-0.39, 0.29) is 13.0 Å². The van der Waals surface area contributed by atoms with E-state index in [1.54, 1.807) is 0 Å². The molecule has 0 unspecified atom stereocenters. The van der Waals surface area contributed by atoms with Crippen LogP contribution in [0.25, 0.3) is 0 Å². The van der Waals surface area contributed by atoms with Crippen LogP contribution in [0.2, 0.25) is 0 Å². The van der Waals surface area contributed by atoms with Crippen molar-refractivity contribution >= 4 is 17.7 Å². The lowest BCUT2D eigenvalue weighted by molar-refractivity contribution is -0.190. The Bertz CT molecular complexity index is 223. The second kappa shape index (κ2) is 2.69. The van der Waals surface area contributed by atoms with Crippen molar-refractivity contribution in [2.24, 2.45) is 0 Å². The van der Waals surface area contributed by atoms with E-state index in [4.69, 9.17) is 0 Å². The average Bonchev–Trinajstić information content (AvgIpc) is 2.18. The van der Waals surface area contributed by atoms with Gasteiger partial charge in [-0.05, 0) is 0 Å². The third kappa shape index (κ3) is 1.54. The minimum Gasteiger partial charge on any atom is -0.338 e. The van der Waals surface area contributed by atoms with E-state index in [0.717, 1.165) is 5.06 Å². The minimum atomic E-state index is -0.736. The van der Waals surface area contributed by atoms with Crippen LogP contribution in [-0.2, 0) is 19.2 Å². The molecule has 1 heterocycles. The first-order chi connectivity index (χ1) is 5.11. The maximum absolute atomic E-state index is 10.7. The molecule has 1 aliphatic rings. The lowest BCUT2D eigenvalue weighted by atomic mass is 10.3. The predicted molar refractivity (Wildman–Crippen MR) is 33.1 cm³/mol. The SMILES string of the molecule is CC(=O)ON1CCC(=O)C1=O. The molecule has 60 valence electrons. The normalized spacial score (nSPS) is 17.4. The molecule has 0 atom stereocenters. The van der Waals surface area contributed by atoms with Crippen LogP contribution in [0.1, 0.15) is 13.3 Å². The maximum Gasteiger partial charge on any atom is 0.329 e. The van der Waals surface area contributed by atoms with Crippen LogP contribution in [0.15, 0.2) is 0 Å². The van der Waals surface area contributed by atoms with Crippen molar-refractivity contribution in [3.63, 3.8) is 0 Å². The largest absolute Gasteiger partial charge is 0.338 e. The molecule has 1 amide bonds. The van der Waals surface area contributed by atoms with Gasteiger partial charge in [-0.3, -0.25) is 14.4 Å². The quantitative estimate of drug-likeness (QED) is 0.470. The maximum atomic E-state index is 10.7. The molecule has 0 N–H and O–H groups in total. The van der Waals surface area contributed by atoms with E-state index in [2.05, 4.69) is 4.84 Å². The Morgan fingerprint density at radius 1 is 1.55 bits per heavy atom. The first-order valence-corrected chi connectivity index (χ1v) is 3.14. The molecule has 0 saturated carbocycles. The summed E-state index contributed by atoms with van der Waals surface area (Å²) < 4.78 is 0. The fraction of sp³-hybridized carbons (Fsp3) is 0.500. The highest BCUT2D eigenvalue weighted by Gasteiger charge is 2.31. The number of hydrogen-bond acceptors (Lipinski definition) is 4. The molecule has 1 fully saturated rings. The van der Waals surface area contributed by atoms with Crippen molar-refractivity contribution in [3.05, 3.63) is 0 Å². The van der Waals surface area contributed by atoms with Gasteiger partial charge in [-0.1, -0.05) is 0 Å². The number of carbonyl (C=O) groups is 3. The standard InChI is InChI=1S/C6H7NO4/c1-4(8)11-7-3-2-5(9)6(7)10/h2-3H2,1H3. The van der Waals surface area contributed by atoms with Crippen molar-refractivity contribution in [2.75, 3.05) is 6.54 Å². The Balaban J connectivity index is 2.55. The number of hydroxylamine groups is 2. The summed E-state index contributed by atoms with van der Waals surface area (Å²) in [6.07, 6.45) is 0.131. The molecule has 5 heteroatoms. The molecular formula is C6H7NO4. The summed E-state index contributed by atoms with van der Waals surface area (Å²) in [5, 5.41) is 0.782. The van der Waals surface area contributed by atoms with Gasteiger partial charge in [-0.25, -0.2) is 0 Å². The Labute approximate surface area is 62.9 Å². The second-order valence-corrected chi connectivity index (χ2v) is 2.16. The molecule has 1 rings (SSSR count). The second-order valence-electron chi connectivity index (χ2n) is 2.16. The molecular weight excluding hydrogens is 150 g/mol. The predicted octanol–water partition coefficient (Wildman–Crippen LogP) is -0.734. The van der Waals surface area contributed by atoms with Gasteiger partial charge in [0.25, 0.3) is 0 Å². The third-order valence-corrected chi connectivity index (χ3v) is 1.25. The highest BCUT2D eigenvalue weighted by molar-refractivity contribution is 6.37. The molecule has 0 spiro atoms. The first-order valence-electron chi connectivity index (χ1n) is 3.14. The molecule has 1 aliphatic heterocycles. The number of nitrogens with zero attached hydrogens (tertiary/aromatic N) is 1. The summed E-state index contributed by atoms with van der Waals surface area (Å²) in [6, 6.07) is 0. The number of Topliss-reactive ketones (excluding diaryl/α,β-unsaturated/α-hetero) is 1.